The minimum absolute atomic E-state index is 0.177. The molecule has 0 atom stereocenters. The Morgan fingerprint density at radius 3 is 2.11 bits per heavy atom. The Bertz CT molecular complexity index is 286. The number of hydrogen-bond donors (Lipinski definition) is 1. The maximum absolute atomic E-state index is 10.9. The molecule has 19 heavy (non-hydrogen) atoms. The van der Waals surface area contributed by atoms with Crippen LogP contribution in [0.25, 0.3) is 0 Å². The fraction of sp³-hybridized carbons (Fsp3) is 0.938. The average molecular weight is 269 g/mol. The molecule has 3 heteroatoms. The molecule has 1 saturated carbocycles. The van der Waals surface area contributed by atoms with Crippen molar-refractivity contribution in [2.45, 2.75) is 66.3 Å². The van der Waals surface area contributed by atoms with Gasteiger partial charge in [0.2, 0.25) is 0 Å². The molecule has 0 aliphatic heterocycles. The van der Waals surface area contributed by atoms with Crippen LogP contribution in [0.1, 0.15) is 60.3 Å². The van der Waals surface area contributed by atoms with Gasteiger partial charge >= 0.3 is 5.97 Å². The van der Waals surface area contributed by atoms with Crippen molar-refractivity contribution in [1.82, 2.24) is 4.90 Å². The summed E-state index contributed by atoms with van der Waals surface area (Å²) in [6, 6.07) is 0.316. The van der Waals surface area contributed by atoms with Crippen LogP contribution in [0.15, 0.2) is 0 Å². The molecule has 0 radical (unpaired) electrons. The highest BCUT2D eigenvalue weighted by molar-refractivity contribution is 5.69. The molecule has 0 bridgehead atoms. The van der Waals surface area contributed by atoms with Gasteiger partial charge in [0.1, 0.15) is 0 Å². The van der Waals surface area contributed by atoms with Crippen molar-refractivity contribution in [3.63, 3.8) is 0 Å². The predicted octanol–water partition coefficient (Wildman–Crippen LogP) is 3.63. The van der Waals surface area contributed by atoms with E-state index in [0.29, 0.717) is 17.4 Å². The van der Waals surface area contributed by atoms with E-state index in [4.69, 9.17) is 5.11 Å². The van der Waals surface area contributed by atoms with Crippen molar-refractivity contribution in [2.75, 3.05) is 13.1 Å². The standard InChI is InChI=1S/C16H31NO2/c1-12(2)17(11-15(18)19)10-13-6-8-14(9-7-13)16(3,4)5/h12-14H,6-11H2,1-5H3,(H,18,19). The maximum atomic E-state index is 10.9. The molecule has 1 rings (SSSR count). The Morgan fingerprint density at radius 1 is 1.21 bits per heavy atom. The van der Waals surface area contributed by atoms with Crippen LogP contribution in [0.5, 0.6) is 0 Å². The Balaban J connectivity index is 2.44. The van der Waals surface area contributed by atoms with Crippen LogP contribution in [0.4, 0.5) is 0 Å². The molecular formula is C16H31NO2. The molecule has 3 nitrogen and oxygen atoms in total. The molecule has 0 spiro atoms. The van der Waals surface area contributed by atoms with E-state index < -0.39 is 5.97 Å². The highest BCUT2D eigenvalue weighted by atomic mass is 16.4. The van der Waals surface area contributed by atoms with E-state index in [9.17, 15) is 4.79 Å². The number of nitrogens with zero attached hydrogens (tertiary/aromatic N) is 1. The van der Waals surface area contributed by atoms with Crippen molar-refractivity contribution >= 4 is 5.97 Å². The number of carbonyl (C=O) groups is 1. The van der Waals surface area contributed by atoms with Crippen LogP contribution in [-0.4, -0.2) is 35.1 Å². The fourth-order valence-electron chi connectivity index (χ4n) is 3.17. The minimum Gasteiger partial charge on any atom is -0.480 e. The van der Waals surface area contributed by atoms with Crippen molar-refractivity contribution in [3.05, 3.63) is 0 Å². The van der Waals surface area contributed by atoms with Gasteiger partial charge in [0.25, 0.3) is 0 Å². The second kappa shape index (κ2) is 6.74. The highest BCUT2D eigenvalue weighted by Crippen LogP contribution is 2.40. The molecule has 0 aromatic carbocycles. The largest absolute Gasteiger partial charge is 0.480 e. The summed E-state index contributed by atoms with van der Waals surface area (Å²) in [6.07, 6.45) is 5.11. The summed E-state index contributed by atoms with van der Waals surface area (Å²) < 4.78 is 0. The van der Waals surface area contributed by atoms with Gasteiger partial charge in [-0.05, 0) is 56.8 Å². The number of hydrogen-bond acceptors (Lipinski definition) is 2. The normalized spacial score (nSPS) is 25.0. The zero-order chi connectivity index (χ0) is 14.6. The summed E-state index contributed by atoms with van der Waals surface area (Å²) in [5.74, 6) is 0.799. The lowest BCUT2D eigenvalue weighted by molar-refractivity contribution is -0.139. The van der Waals surface area contributed by atoms with Gasteiger partial charge in [0, 0.05) is 12.6 Å². The molecule has 0 amide bonds. The quantitative estimate of drug-likeness (QED) is 0.828. The molecule has 112 valence electrons. The van der Waals surface area contributed by atoms with Crippen LogP contribution >= 0.6 is 0 Å². The van der Waals surface area contributed by atoms with Crippen molar-refractivity contribution < 1.29 is 9.90 Å². The van der Waals surface area contributed by atoms with Crippen LogP contribution in [0.2, 0.25) is 0 Å². The summed E-state index contributed by atoms with van der Waals surface area (Å²) >= 11 is 0. The summed E-state index contributed by atoms with van der Waals surface area (Å²) in [5, 5.41) is 8.97. The highest BCUT2D eigenvalue weighted by Gasteiger charge is 2.30. The summed E-state index contributed by atoms with van der Waals surface area (Å²) in [6.45, 7) is 12.3. The van der Waals surface area contributed by atoms with E-state index >= 15 is 0 Å². The van der Waals surface area contributed by atoms with E-state index in [0.717, 1.165) is 12.5 Å². The predicted molar refractivity (Wildman–Crippen MR) is 79.2 cm³/mol. The smallest absolute Gasteiger partial charge is 0.317 e. The lowest BCUT2D eigenvalue weighted by Gasteiger charge is -2.39. The third-order valence-corrected chi connectivity index (χ3v) is 4.63. The minimum atomic E-state index is -0.711. The number of aliphatic carboxylic acids is 1. The van der Waals surface area contributed by atoms with Gasteiger partial charge < -0.3 is 5.11 Å². The molecule has 0 aromatic heterocycles. The second-order valence-corrected chi connectivity index (χ2v) is 7.50. The first-order valence-corrected chi connectivity index (χ1v) is 7.66. The Hall–Kier alpha value is -0.570. The van der Waals surface area contributed by atoms with E-state index in [-0.39, 0.29) is 6.54 Å². The first kappa shape index (κ1) is 16.5. The zero-order valence-corrected chi connectivity index (χ0v) is 13.3. The SMILES string of the molecule is CC(C)N(CC(=O)O)CC1CCC(C(C)(C)C)CC1. The Labute approximate surface area is 118 Å². The van der Waals surface area contributed by atoms with Gasteiger partial charge in [-0.15, -0.1) is 0 Å². The van der Waals surface area contributed by atoms with Gasteiger partial charge in [-0.3, -0.25) is 9.69 Å². The molecule has 1 aliphatic rings. The molecule has 0 aromatic rings. The van der Waals surface area contributed by atoms with Crippen LogP contribution in [0.3, 0.4) is 0 Å². The van der Waals surface area contributed by atoms with E-state index in [1.54, 1.807) is 0 Å². The topological polar surface area (TPSA) is 40.5 Å². The summed E-state index contributed by atoms with van der Waals surface area (Å²) in [4.78, 5) is 13.0. The second-order valence-electron chi connectivity index (χ2n) is 7.50. The van der Waals surface area contributed by atoms with Gasteiger partial charge in [-0.1, -0.05) is 20.8 Å². The van der Waals surface area contributed by atoms with Crippen LogP contribution in [-0.2, 0) is 4.79 Å². The van der Waals surface area contributed by atoms with E-state index in [2.05, 4.69) is 39.5 Å². The van der Waals surface area contributed by atoms with Gasteiger partial charge in [0.15, 0.2) is 0 Å². The third kappa shape index (κ3) is 5.52. The summed E-state index contributed by atoms with van der Waals surface area (Å²) in [5.41, 5.74) is 0.420. The summed E-state index contributed by atoms with van der Waals surface area (Å²) in [7, 11) is 0. The first-order valence-electron chi connectivity index (χ1n) is 7.66. The van der Waals surface area contributed by atoms with Crippen molar-refractivity contribution in [2.24, 2.45) is 17.3 Å². The van der Waals surface area contributed by atoms with Gasteiger partial charge in [0.05, 0.1) is 6.54 Å². The molecule has 0 unspecified atom stereocenters. The Morgan fingerprint density at radius 2 is 1.74 bits per heavy atom. The number of rotatable bonds is 5. The first-order chi connectivity index (χ1) is 8.70. The van der Waals surface area contributed by atoms with E-state index in [1.165, 1.54) is 25.7 Å². The zero-order valence-electron chi connectivity index (χ0n) is 13.3. The van der Waals surface area contributed by atoms with Crippen LogP contribution < -0.4 is 0 Å². The molecule has 1 fully saturated rings. The van der Waals surface area contributed by atoms with E-state index in [1.807, 2.05) is 0 Å². The lowest BCUT2D eigenvalue weighted by atomic mass is 9.70. The number of carboxylic acid groups (broad SMARTS) is 1. The molecule has 1 N–H and O–H groups in total. The third-order valence-electron chi connectivity index (χ3n) is 4.63. The average Bonchev–Trinajstić information content (AvgIpc) is 2.27. The molecule has 0 saturated heterocycles. The maximum Gasteiger partial charge on any atom is 0.317 e. The van der Waals surface area contributed by atoms with Crippen molar-refractivity contribution in [3.8, 4) is 0 Å². The van der Waals surface area contributed by atoms with Crippen molar-refractivity contribution in [1.29, 1.82) is 0 Å². The monoisotopic (exact) mass is 269 g/mol. The fourth-order valence-corrected chi connectivity index (χ4v) is 3.17. The molecule has 0 heterocycles. The molecule has 1 aliphatic carbocycles. The lowest BCUT2D eigenvalue weighted by Crippen LogP contribution is -2.40. The van der Waals surface area contributed by atoms with Crippen LogP contribution in [0, 0.1) is 17.3 Å². The molecular weight excluding hydrogens is 238 g/mol. The number of carboxylic acids is 1. The van der Waals surface area contributed by atoms with Gasteiger partial charge in [-0.25, -0.2) is 0 Å². The van der Waals surface area contributed by atoms with Gasteiger partial charge in [-0.2, -0.15) is 0 Å². The Kier molecular flexibility index (Phi) is 5.84.